The van der Waals surface area contributed by atoms with Crippen molar-refractivity contribution in [3.63, 3.8) is 0 Å². The third-order valence-electron chi connectivity index (χ3n) is 4.95. The molecule has 1 N–H and O–H groups in total. The van der Waals surface area contributed by atoms with Gasteiger partial charge < -0.3 is 19.9 Å². The maximum atomic E-state index is 12.4. The Hall–Kier alpha value is -1.59. The average molecular weight is 317 g/mol. The Balaban J connectivity index is 1.51. The molecule has 0 radical (unpaired) electrons. The van der Waals surface area contributed by atoms with Crippen LogP contribution in [-0.2, 0) is 11.3 Å². The van der Waals surface area contributed by atoms with Gasteiger partial charge >= 0.3 is 6.03 Å². The minimum Gasteiger partial charge on any atom is -0.375 e. The maximum Gasteiger partial charge on any atom is 0.317 e. The van der Waals surface area contributed by atoms with Gasteiger partial charge in [-0.25, -0.2) is 4.79 Å². The van der Waals surface area contributed by atoms with E-state index in [1.165, 1.54) is 0 Å². The van der Waals surface area contributed by atoms with Crippen LogP contribution in [0.2, 0.25) is 0 Å². The van der Waals surface area contributed by atoms with E-state index < -0.39 is 0 Å². The number of likely N-dealkylation sites (N-methyl/N-ethyl adjacent to an activating group) is 1. The summed E-state index contributed by atoms with van der Waals surface area (Å²) in [6.07, 6.45) is 1.21. The molecule has 2 heterocycles. The van der Waals surface area contributed by atoms with Gasteiger partial charge in [-0.2, -0.15) is 0 Å². The first kappa shape index (κ1) is 16.3. The Morgan fingerprint density at radius 3 is 2.87 bits per heavy atom. The summed E-state index contributed by atoms with van der Waals surface area (Å²) in [7, 11) is 0. The predicted molar refractivity (Wildman–Crippen MR) is 90.2 cm³/mol. The second-order valence-electron chi connectivity index (χ2n) is 6.44. The van der Waals surface area contributed by atoms with Gasteiger partial charge in [0.25, 0.3) is 0 Å². The summed E-state index contributed by atoms with van der Waals surface area (Å²) in [5, 5.41) is 3.02. The zero-order valence-corrected chi connectivity index (χ0v) is 13.9. The lowest BCUT2D eigenvalue weighted by atomic mass is 9.93. The molecule has 5 heteroatoms. The monoisotopic (exact) mass is 317 g/mol. The zero-order chi connectivity index (χ0) is 16.1. The van der Waals surface area contributed by atoms with Crippen LogP contribution in [0.4, 0.5) is 4.79 Å². The van der Waals surface area contributed by atoms with Gasteiger partial charge in [-0.15, -0.1) is 0 Å². The first-order chi connectivity index (χ1) is 11.3. The number of nitrogens with one attached hydrogen (secondary N) is 1. The molecule has 23 heavy (non-hydrogen) atoms. The Morgan fingerprint density at radius 2 is 2.09 bits per heavy atom. The molecule has 0 unspecified atom stereocenters. The lowest BCUT2D eigenvalue weighted by Crippen LogP contribution is -2.51. The van der Waals surface area contributed by atoms with Gasteiger partial charge in [0, 0.05) is 38.6 Å². The molecule has 0 aliphatic carbocycles. The summed E-state index contributed by atoms with van der Waals surface area (Å²) in [6.45, 7) is 8.26. The Bertz CT molecular complexity index is 508. The van der Waals surface area contributed by atoms with Crippen molar-refractivity contribution in [1.29, 1.82) is 0 Å². The van der Waals surface area contributed by atoms with Gasteiger partial charge in [0.2, 0.25) is 0 Å². The highest BCUT2D eigenvalue weighted by Crippen LogP contribution is 2.24. The first-order valence-corrected chi connectivity index (χ1v) is 8.67. The molecule has 0 bridgehead atoms. The highest BCUT2D eigenvalue weighted by molar-refractivity contribution is 5.74. The normalized spacial score (nSPS) is 25.5. The van der Waals surface area contributed by atoms with E-state index in [-0.39, 0.29) is 12.1 Å². The molecule has 2 fully saturated rings. The van der Waals surface area contributed by atoms with Crippen LogP contribution in [0.15, 0.2) is 30.3 Å². The van der Waals surface area contributed by atoms with Gasteiger partial charge in [0.15, 0.2) is 0 Å². The number of nitrogens with zero attached hydrogens (tertiary/aromatic N) is 2. The van der Waals surface area contributed by atoms with E-state index in [2.05, 4.69) is 17.1 Å². The van der Waals surface area contributed by atoms with Crippen LogP contribution in [-0.4, -0.2) is 61.3 Å². The van der Waals surface area contributed by atoms with E-state index in [0.717, 1.165) is 44.8 Å². The molecule has 5 nitrogen and oxygen atoms in total. The molecule has 1 aromatic rings. The fraction of sp³-hybridized carbons (Fsp3) is 0.611. The summed E-state index contributed by atoms with van der Waals surface area (Å²) in [6, 6.07) is 10.0. The Kier molecular flexibility index (Phi) is 5.51. The smallest absolute Gasteiger partial charge is 0.317 e. The molecule has 0 aromatic heterocycles. The summed E-state index contributed by atoms with van der Waals surface area (Å²) in [4.78, 5) is 16.8. The topological polar surface area (TPSA) is 44.8 Å². The number of ether oxygens (including phenoxy) is 1. The highest BCUT2D eigenvalue weighted by Gasteiger charge is 2.34. The molecular formula is C18H27N3O2. The molecule has 2 atom stereocenters. The zero-order valence-electron chi connectivity index (χ0n) is 13.9. The largest absolute Gasteiger partial charge is 0.375 e. The Morgan fingerprint density at radius 1 is 1.26 bits per heavy atom. The third-order valence-corrected chi connectivity index (χ3v) is 4.95. The second kappa shape index (κ2) is 7.79. The summed E-state index contributed by atoms with van der Waals surface area (Å²) >= 11 is 0. The van der Waals surface area contributed by atoms with Crippen LogP contribution in [0.5, 0.6) is 0 Å². The standard InChI is InChI=1S/C18H27N3O2/c1-2-20-10-11-23-17-14-21(9-8-16(17)13-20)18(22)19-12-15-6-4-3-5-7-15/h3-7,16-17H,2,8-14H2,1H3,(H,19,22)/t16-,17-/m1/s1. The number of hydrogen-bond donors (Lipinski definition) is 1. The van der Waals surface area contributed by atoms with E-state index >= 15 is 0 Å². The van der Waals surface area contributed by atoms with E-state index in [1.807, 2.05) is 35.2 Å². The summed E-state index contributed by atoms with van der Waals surface area (Å²) < 4.78 is 6.02. The fourth-order valence-corrected chi connectivity index (χ4v) is 3.48. The van der Waals surface area contributed by atoms with Crippen molar-refractivity contribution in [3.8, 4) is 0 Å². The number of fused-ring (bicyclic) bond motifs is 1. The number of benzene rings is 1. The second-order valence-corrected chi connectivity index (χ2v) is 6.44. The van der Waals surface area contributed by atoms with Crippen LogP contribution in [0.3, 0.4) is 0 Å². The number of hydrogen-bond acceptors (Lipinski definition) is 3. The van der Waals surface area contributed by atoms with Crippen molar-refractivity contribution in [2.45, 2.75) is 26.0 Å². The Labute approximate surface area is 138 Å². The quantitative estimate of drug-likeness (QED) is 0.926. The van der Waals surface area contributed by atoms with E-state index in [0.29, 0.717) is 19.0 Å². The van der Waals surface area contributed by atoms with Gasteiger partial charge in [-0.1, -0.05) is 37.3 Å². The molecule has 2 amide bonds. The van der Waals surface area contributed by atoms with Crippen LogP contribution in [0, 0.1) is 5.92 Å². The SMILES string of the molecule is CCN1CCO[C@@H]2CN(C(=O)NCc3ccccc3)CC[C@@H]2C1. The third kappa shape index (κ3) is 4.24. The lowest BCUT2D eigenvalue weighted by Gasteiger charge is -2.37. The van der Waals surface area contributed by atoms with Gasteiger partial charge in [0.05, 0.1) is 12.7 Å². The van der Waals surface area contributed by atoms with Crippen LogP contribution in [0.1, 0.15) is 18.9 Å². The van der Waals surface area contributed by atoms with Crippen LogP contribution < -0.4 is 5.32 Å². The molecule has 1 aromatic carbocycles. The number of amides is 2. The van der Waals surface area contributed by atoms with Crippen LogP contribution in [0.25, 0.3) is 0 Å². The number of likely N-dealkylation sites (tertiary alicyclic amines) is 1. The number of piperidine rings is 1. The molecule has 2 aliphatic rings. The van der Waals surface area contributed by atoms with Crippen molar-refractivity contribution >= 4 is 6.03 Å². The first-order valence-electron chi connectivity index (χ1n) is 8.67. The minimum absolute atomic E-state index is 0.0208. The van der Waals surface area contributed by atoms with Crippen molar-refractivity contribution in [2.75, 3.05) is 39.3 Å². The maximum absolute atomic E-state index is 12.4. The molecule has 2 saturated heterocycles. The highest BCUT2D eigenvalue weighted by atomic mass is 16.5. The van der Waals surface area contributed by atoms with E-state index in [4.69, 9.17) is 4.74 Å². The molecule has 3 rings (SSSR count). The number of rotatable bonds is 3. The van der Waals surface area contributed by atoms with E-state index in [1.54, 1.807) is 0 Å². The lowest BCUT2D eigenvalue weighted by molar-refractivity contribution is -0.0111. The van der Waals surface area contributed by atoms with Crippen molar-refractivity contribution in [1.82, 2.24) is 15.1 Å². The van der Waals surface area contributed by atoms with Crippen molar-refractivity contribution in [2.24, 2.45) is 5.92 Å². The number of urea groups is 1. The fourth-order valence-electron chi connectivity index (χ4n) is 3.48. The average Bonchev–Trinajstić information content (AvgIpc) is 2.81. The molecule has 2 aliphatic heterocycles. The van der Waals surface area contributed by atoms with Crippen molar-refractivity contribution < 1.29 is 9.53 Å². The molecule has 126 valence electrons. The number of carbonyl (C=O) groups is 1. The number of carbonyl (C=O) groups excluding carboxylic acids is 1. The molecule has 0 saturated carbocycles. The van der Waals surface area contributed by atoms with Crippen molar-refractivity contribution in [3.05, 3.63) is 35.9 Å². The molecule has 0 spiro atoms. The van der Waals surface area contributed by atoms with Crippen LogP contribution >= 0.6 is 0 Å². The van der Waals surface area contributed by atoms with Gasteiger partial charge in [0.1, 0.15) is 0 Å². The predicted octanol–water partition coefficient (Wildman–Crippen LogP) is 1.94. The summed E-state index contributed by atoms with van der Waals surface area (Å²) in [5.41, 5.74) is 1.13. The van der Waals surface area contributed by atoms with Gasteiger partial charge in [-0.3, -0.25) is 0 Å². The van der Waals surface area contributed by atoms with E-state index in [9.17, 15) is 4.79 Å². The van der Waals surface area contributed by atoms with Gasteiger partial charge in [-0.05, 0) is 18.5 Å². The molecular weight excluding hydrogens is 290 g/mol. The minimum atomic E-state index is 0.0208. The summed E-state index contributed by atoms with van der Waals surface area (Å²) in [5.74, 6) is 0.552.